The molecule has 3 rings (SSSR count). The molecule has 2 heterocycles. The van der Waals surface area contributed by atoms with Gasteiger partial charge in [0, 0.05) is 26.4 Å². The zero-order valence-electron chi connectivity index (χ0n) is 15.7. The highest BCUT2D eigenvalue weighted by Gasteiger charge is 2.22. The number of nitrogens with zero attached hydrogens (tertiary/aromatic N) is 3. The van der Waals surface area contributed by atoms with Gasteiger partial charge in [0.05, 0.1) is 22.2 Å². The molecule has 0 amide bonds. The van der Waals surface area contributed by atoms with Gasteiger partial charge in [-0.15, -0.1) is 11.3 Å². The second-order valence-electron chi connectivity index (χ2n) is 6.71. The molecule has 144 valence electrons. The fraction of sp³-hybridized carbons (Fsp3) is 0.333. The van der Waals surface area contributed by atoms with E-state index in [-0.39, 0.29) is 16.5 Å². The van der Waals surface area contributed by atoms with Gasteiger partial charge in [0.1, 0.15) is 6.04 Å². The van der Waals surface area contributed by atoms with Crippen LogP contribution in [0.5, 0.6) is 0 Å². The summed E-state index contributed by atoms with van der Waals surface area (Å²) in [7, 11) is 1.32. The van der Waals surface area contributed by atoms with Gasteiger partial charge in [0.25, 0.3) is 5.56 Å². The van der Waals surface area contributed by atoms with Gasteiger partial charge in [-0.3, -0.25) is 9.36 Å². The Hall–Kier alpha value is -2.07. The number of sulfonamides is 1. The lowest BCUT2D eigenvalue weighted by atomic mass is 10.3. The molecular formula is C18H23N4O3S2+. The molecule has 7 nitrogen and oxygen atoms in total. The van der Waals surface area contributed by atoms with E-state index in [2.05, 4.69) is 11.9 Å². The fourth-order valence-electron chi connectivity index (χ4n) is 2.69. The molecule has 1 aromatic carbocycles. The molecule has 0 aliphatic carbocycles. The molecule has 2 aromatic heterocycles. The molecular weight excluding hydrogens is 384 g/mol. The Balaban J connectivity index is 1.86. The van der Waals surface area contributed by atoms with Crippen LogP contribution in [0.4, 0.5) is 0 Å². The number of pyridine rings is 1. The van der Waals surface area contributed by atoms with Crippen molar-refractivity contribution >= 4 is 31.6 Å². The molecule has 1 N–H and O–H groups in total. The van der Waals surface area contributed by atoms with Crippen LogP contribution in [0.15, 0.2) is 52.3 Å². The quantitative estimate of drug-likeness (QED) is 0.660. The minimum Gasteiger partial charge on any atom is -0.312 e. The number of fused-ring (bicyclic) bond motifs is 1. The average Bonchev–Trinajstić information content (AvgIpc) is 3.06. The number of rotatable bonds is 6. The Bertz CT molecular complexity index is 1090. The normalized spacial score (nSPS) is 14.6. The molecule has 3 aromatic rings. The summed E-state index contributed by atoms with van der Waals surface area (Å²) in [6.07, 6.45) is 1.41. The van der Waals surface area contributed by atoms with Crippen LogP contribution < -0.4 is 10.5 Å². The van der Waals surface area contributed by atoms with Crippen LogP contribution in [0.3, 0.4) is 0 Å². The number of para-hydroxylation sites is 1. The van der Waals surface area contributed by atoms with Gasteiger partial charge in [0.15, 0.2) is 11.7 Å². The molecule has 27 heavy (non-hydrogen) atoms. The fourth-order valence-corrected chi connectivity index (χ4v) is 4.72. The first-order chi connectivity index (χ1) is 12.7. The van der Waals surface area contributed by atoms with Crippen LogP contribution in [0.1, 0.15) is 18.0 Å². The summed E-state index contributed by atoms with van der Waals surface area (Å²) in [6.45, 7) is 2.39. The third kappa shape index (κ3) is 3.96. The van der Waals surface area contributed by atoms with E-state index in [1.165, 1.54) is 37.0 Å². The molecule has 2 atom stereocenters. The first-order valence-electron chi connectivity index (χ1n) is 8.51. The summed E-state index contributed by atoms with van der Waals surface area (Å²) in [5.41, 5.74) is 0.733. The number of thiazole rings is 1. The van der Waals surface area contributed by atoms with Gasteiger partial charge in [-0.05, 0) is 25.1 Å². The monoisotopic (exact) mass is 407 g/mol. The van der Waals surface area contributed by atoms with Gasteiger partial charge >= 0.3 is 0 Å². The van der Waals surface area contributed by atoms with E-state index in [0.717, 1.165) is 24.4 Å². The third-order valence-corrected chi connectivity index (χ3v) is 7.59. The van der Waals surface area contributed by atoms with E-state index >= 15 is 0 Å². The Labute approximate surface area is 162 Å². The van der Waals surface area contributed by atoms with Crippen LogP contribution >= 0.6 is 11.3 Å². The van der Waals surface area contributed by atoms with Crippen molar-refractivity contribution in [2.75, 3.05) is 21.1 Å². The van der Waals surface area contributed by atoms with Gasteiger partial charge in [-0.25, -0.2) is 17.7 Å². The Morgan fingerprint density at radius 2 is 1.93 bits per heavy atom. The van der Waals surface area contributed by atoms with Crippen molar-refractivity contribution in [3.63, 3.8) is 0 Å². The highest BCUT2D eigenvalue weighted by Crippen LogP contribution is 2.24. The molecule has 0 saturated heterocycles. The van der Waals surface area contributed by atoms with Gasteiger partial charge in [0.2, 0.25) is 10.0 Å². The number of nitrogens with one attached hydrogen (secondary N) is 1. The van der Waals surface area contributed by atoms with E-state index in [1.54, 1.807) is 11.3 Å². The lowest BCUT2D eigenvalue weighted by molar-refractivity contribution is -0.932. The van der Waals surface area contributed by atoms with Crippen LogP contribution in [-0.4, -0.2) is 43.4 Å². The number of aromatic nitrogens is 2. The maximum Gasteiger partial charge on any atom is 0.254 e. The van der Waals surface area contributed by atoms with E-state index in [1.807, 2.05) is 31.3 Å². The van der Waals surface area contributed by atoms with Crippen LogP contribution in [0.25, 0.3) is 10.2 Å². The molecule has 1 unspecified atom stereocenters. The molecule has 0 aliphatic rings. The van der Waals surface area contributed by atoms with Gasteiger partial charge in [-0.2, -0.15) is 0 Å². The average molecular weight is 408 g/mol. The number of hydrogen-bond acceptors (Lipinski definition) is 5. The van der Waals surface area contributed by atoms with Crippen molar-refractivity contribution in [1.29, 1.82) is 0 Å². The minimum absolute atomic E-state index is 0.0587. The lowest BCUT2D eigenvalue weighted by Crippen LogP contribution is -3.08. The molecule has 0 fully saturated rings. The van der Waals surface area contributed by atoms with E-state index in [4.69, 9.17) is 0 Å². The topological polar surface area (TPSA) is 76.7 Å². The van der Waals surface area contributed by atoms with Crippen LogP contribution in [0.2, 0.25) is 0 Å². The van der Waals surface area contributed by atoms with E-state index in [9.17, 15) is 13.2 Å². The first-order valence-corrected chi connectivity index (χ1v) is 10.8. The predicted molar refractivity (Wildman–Crippen MR) is 106 cm³/mol. The lowest BCUT2D eigenvalue weighted by Gasteiger charge is -2.21. The molecule has 0 spiro atoms. The van der Waals surface area contributed by atoms with E-state index in [0.29, 0.717) is 6.67 Å². The Kier molecular flexibility index (Phi) is 5.48. The smallest absolute Gasteiger partial charge is 0.254 e. The number of hydrogen-bond donors (Lipinski definition) is 1. The van der Waals surface area contributed by atoms with Crippen molar-refractivity contribution in [2.45, 2.75) is 24.5 Å². The molecule has 0 radical (unpaired) electrons. The summed E-state index contributed by atoms with van der Waals surface area (Å²) in [5, 5.41) is 0.985. The molecule has 9 heteroatoms. The molecule has 0 saturated carbocycles. The second-order valence-corrected chi connectivity index (χ2v) is 9.92. The van der Waals surface area contributed by atoms with Crippen molar-refractivity contribution in [3.8, 4) is 0 Å². The first kappa shape index (κ1) is 19.7. The Morgan fingerprint density at radius 3 is 2.59 bits per heavy atom. The van der Waals surface area contributed by atoms with Gasteiger partial charge in [-0.1, -0.05) is 12.1 Å². The standard InChI is InChI=1S/C18H22N4O3S2/c1-13(18-19-15-7-5-6-8-16(15)26-18)21(4)12-22-11-14(9-10-17(22)23)27(24,25)20(2)3/h5-11,13H,12H2,1-4H3/p+1/t13-/m0/s1. The SMILES string of the molecule is C[C@@H](c1nc2ccccc2s1)[NH+](C)Cn1cc(S(=O)(=O)N(C)C)ccc1=O. The number of benzene rings is 1. The maximum atomic E-state index is 12.3. The van der Waals surface area contributed by atoms with Crippen molar-refractivity contribution in [3.05, 3.63) is 58.0 Å². The second kappa shape index (κ2) is 7.51. The third-order valence-electron chi connectivity index (χ3n) is 4.57. The maximum absolute atomic E-state index is 12.3. The highest BCUT2D eigenvalue weighted by molar-refractivity contribution is 7.89. The predicted octanol–water partition coefficient (Wildman–Crippen LogP) is 0.942. The molecule has 0 bridgehead atoms. The molecule has 0 aliphatic heterocycles. The Morgan fingerprint density at radius 1 is 1.22 bits per heavy atom. The summed E-state index contributed by atoms with van der Waals surface area (Å²) in [6, 6.07) is 10.7. The minimum atomic E-state index is -3.59. The van der Waals surface area contributed by atoms with Crippen LogP contribution in [-0.2, 0) is 16.7 Å². The van der Waals surface area contributed by atoms with Crippen LogP contribution in [0, 0.1) is 0 Å². The summed E-state index contributed by atoms with van der Waals surface area (Å²) >= 11 is 1.64. The van der Waals surface area contributed by atoms with Crippen molar-refractivity contribution < 1.29 is 13.3 Å². The zero-order valence-corrected chi connectivity index (χ0v) is 17.3. The van der Waals surface area contributed by atoms with E-state index < -0.39 is 10.0 Å². The van der Waals surface area contributed by atoms with Crippen molar-refractivity contribution in [1.82, 2.24) is 13.9 Å². The zero-order chi connectivity index (χ0) is 19.8. The number of quaternary nitrogens is 1. The van der Waals surface area contributed by atoms with Gasteiger partial charge < -0.3 is 4.90 Å². The summed E-state index contributed by atoms with van der Waals surface area (Å²) in [5.74, 6) is 0. The van der Waals surface area contributed by atoms with Crippen molar-refractivity contribution in [2.24, 2.45) is 0 Å². The highest BCUT2D eigenvalue weighted by atomic mass is 32.2. The summed E-state index contributed by atoms with van der Waals surface area (Å²) < 4.78 is 28.4. The largest absolute Gasteiger partial charge is 0.312 e. The summed E-state index contributed by atoms with van der Waals surface area (Å²) in [4.78, 5) is 18.1.